The lowest BCUT2D eigenvalue weighted by Crippen LogP contribution is -2.16. The highest BCUT2D eigenvalue weighted by Gasteiger charge is 2.21. The molecule has 4 rings (SSSR count). The lowest BCUT2D eigenvalue weighted by Gasteiger charge is -2.22. The molecule has 0 saturated carbocycles. The molecule has 4 aromatic carbocycles. The van der Waals surface area contributed by atoms with Gasteiger partial charge in [-0.1, -0.05) is 84.9 Å². The Balaban J connectivity index is 1.39. The number of aliphatic hydroxyl groups excluding tert-OH is 2. The molecule has 0 fully saturated rings. The summed E-state index contributed by atoms with van der Waals surface area (Å²) in [4.78, 5) is 0. The Labute approximate surface area is 237 Å². The van der Waals surface area contributed by atoms with Crippen LogP contribution in [0.3, 0.4) is 0 Å². The molecule has 0 aromatic heterocycles. The fraction of sp³-hybridized carbons (Fsp3) is 0.294. The quantitative estimate of drug-likeness (QED) is 0.150. The first-order chi connectivity index (χ1) is 19.6. The van der Waals surface area contributed by atoms with E-state index < -0.39 is 12.2 Å². The van der Waals surface area contributed by atoms with Crippen molar-refractivity contribution in [1.82, 2.24) is 10.6 Å². The monoisotopic (exact) mass is 540 g/mol. The van der Waals surface area contributed by atoms with Crippen molar-refractivity contribution in [2.45, 2.75) is 37.3 Å². The van der Waals surface area contributed by atoms with Crippen LogP contribution in [-0.2, 0) is 0 Å². The van der Waals surface area contributed by atoms with Gasteiger partial charge in [0.25, 0.3) is 0 Å². The number of hydrogen-bond acceptors (Lipinski definition) is 6. The Hall–Kier alpha value is -3.68. The van der Waals surface area contributed by atoms with Crippen molar-refractivity contribution in [3.8, 4) is 11.5 Å². The van der Waals surface area contributed by atoms with Gasteiger partial charge in [0.05, 0.1) is 0 Å². The molecule has 210 valence electrons. The second-order valence-electron chi connectivity index (χ2n) is 9.85. The number of aliphatic hydroxyl groups is 2. The van der Waals surface area contributed by atoms with Crippen molar-refractivity contribution in [1.29, 1.82) is 0 Å². The van der Waals surface area contributed by atoms with Crippen molar-refractivity contribution in [2.24, 2.45) is 0 Å². The molecule has 4 aromatic rings. The minimum atomic E-state index is -1.08. The van der Waals surface area contributed by atoms with Gasteiger partial charge in [0.15, 0.2) is 0 Å². The molecule has 0 bridgehead atoms. The molecule has 0 heterocycles. The summed E-state index contributed by atoms with van der Waals surface area (Å²) in [6.07, 6.45) is -0.688. The summed E-state index contributed by atoms with van der Waals surface area (Å²) in [6, 6.07) is 34.8. The zero-order valence-corrected chi connectivity index (χ0v) is 23.2. The Morgan fingerprint density at radius 2 is 0.850 bits per heavy atom. The first-order valence-corrected chi connectivity index (χ1v) is 13.9. The van der Waals surface area contributed by atoms with Gasteiger partial charge in [0.2, 0.25) is 0 Å². The maximum Gasteiger partial charge on any atom is 0.125 e. The number of rotatable bonds is 15. The first-order valence-electron chi connectivity index (χ1n) is 13.9. The average Bonchev–Trinajstić information content (AvgIpc) is 3.02. The summed E-state index contributed by atoms with van der Waals surface area (Å²) in [5, 5.41) is 28.2. The number of hydrogen-bond donors (Lipinski definition) is 4. The third kappa shape index (κ3) is 8.16. The Morgan fingerprint density at radius 3 is 1.18 bits per heavy atom. The highest BCUT2D eigenvalue weighted by atomic mass is 16.5. The summed E-state index contributed by atoms with van der Waals surface area (Å²) in [7, 11) is 3.85. The molecule has 0 aliphatic carbocycles. The second-order valence-corrected chi connectivity index (χ2v) is 9.85. The Kier molecular flexibility index (Phi) is 11.1. The van der Waals surface area contributed by atoms with E-state index in [1.165, 1.54) is 0 Å². The normalized spacial score (nSPS) is 14.2. The van der Waals surface area contributed by atoms with Gasteiger partial charge in [-0.15, -0.1) is 0 Å². The molecule has 4 atom stereocenters. The third-order valence-electron chi connectivity index (χ3n) is 6.95. The van der Waals surface area contributed by atoms with E-state index in [-0.39, 0.29) is 12.2 Å². The highest BCUT2D eigenvalue weighted by molar-refractivity contribution is 5.34. The van der Waals surface area contributed by atoms with Crippen LogP contribution in [-0.4, -0.2) is 37.4 Å². The molecule has 40 heavy (non-hydrogen) atoms. The van der Waals surface area contributed by atoms with Crippen molar-refractivity contribution in [2.75, 3.05) is 27.2 Å². The predicted octanol–water partition coefficient (Wildman–Crippen LogP) is 5.91. The van der Waals surface area contributed by atoms with Gasteiger partial charge in [0.1, 0.15) is 35.9 Å². The van der Waals surface area contributed by atoms with Crippen LogP contribution >= 0.6 is 0 Å². The lowest BCUT2D eigenvalue weighted by molar-refractivity contribution is 0.0171. The van der Waals surface area contributed by atoms with E-state index >= 15 is 0 Å². The van der Waals surface area contributed by atoms with Crippen molar-refractivity contribution < 1.29 is 19.7 Å². The maximum absolute atomic E-state index is 10.9. The van der Waals surface area contributed by atoms with Gasteiger partial charge in [0, 0.05) is 12.8 Å². The highest BCUT2D eigenvalue weighted by Crippen LogP contribution is 2.33. The molecule has 0 aliphatic heterocycles. The predicted molar refractivity (Wildman–Crippen MR) is 160 cm³/mol. The number of ether oxygens (including phenoxy) is 2. The van der Waals surface area contributed by atoms with Crippen LogP contribution in [0, 0.1) is 0 Å². The number of nitrogens with one attached hydrogen (secondary N) is 2. The first kappa shape index (κ1) is 29.3. The fourth-order valence-corrected chi connectivity index (χ4v) is 4.65. The summed E-state index contributed by atoms with van der Waals surface area (Å²) < 4.78 is 12.6. The molecule has 6 nitrogen and oxygen atoms in total. The van der Waals surface area contributed by atoms with Gasteiger partial charge in [-0.2, -0.15) is 0 Å². The summed E-state index contributed by atoms with van der Waals surface area (Å²) in [5.41, 5.74) is 3.45. The number of benzene rings is 4. The summed E-state index contributed by atoms with van der Waals surface area (Å²) in [6.45, 7) is 1.66. The topological polar surface area (TPSA) is 83.0 Å². The van der Waals surface area contributed by atoms with Gasteiger partial charge in [-0.3, -0.25) is 0 Å². The van der Waals surface area contributed by atoms with E-state index in [0.29, 0.717) is 22.6 Å². The molecule has 0 radical (unpaired) electrons. The minimum Gasteiger partial charge on any atom is -0.486 e. The van der Waals surface area contributed by atoms with E-state index in [0.717, 1.165) is 37.1 Å². The third-order valence-corrected chi connectivity index (χ3v) is 6.95. The molecule has 0 aliphatic rings. The Morgan fingerprint density at radius 1 is 0.500 bits per heavy atom. The standard InChI is InChI=1S/C34H40N2O4/c1-35-23-21-31(25-9-5-3-6-10-25)39-29-17-13-27(14-18-29)33(37)34(38)28-15-19-30(20-16-28)40-32(22-24-36-2)26-11-7-4-8-12-26/h3-20,31-38H,21-24H2,1-2H3. The van der Waals surface area contributed by atoms with Crippen LogP contribution in [0.2, 0.25) is 0 Å². The summed E-state index contributed by atoms with van der Waals surface area (Å²) in [5.74, 6) is 1.42. The van der Waals surface area contributed by atoms with Gasteiger partial charge >= 0.3 is 0 Å². The molecule has 0 amide bonds. The summed E-state index contributed by atoms with van der Waals surface area (Å²) >= 11 is 0. The lowest BCUT2D eigenvalue weighted by atomic mass is 9.98. The van der Waals surface area contributed by atoms with Gasteiger partial charge in [-0.05, 0) is 73.7 Å². The SMILES string of the molecule is CNCCC(Oc1ccc(C(O)C(O)c2ccc(OC(CCNC)c3ccccc3)cc2)cc1)c1ccccc1. The van der Waals surface area contributed by atoms with Crippen LogP contribution in [0.25, 0.3) is 0 Å². The van der Waals surface area contributed by atoms with E-state index in [4.69, 9.17) is 9.47 Å². The second kappa shape index (κ2) is 15.2. The van der Waals surface area contributed by atoms with Crippen LogP contribution in [0.4, 0.5) is 0 Å². The molecule has 0 saturated heterocycles. The van der Waals surface area contributed by atoms with Gasteiger partial charge < -0.3 is 30.3 Å². The van der Waals surface area contributed by atoms with Gasteiger partial charge in [-0.25, -0.2) is 0 Å². The van der Waals surface area contributed by atoms with Crippen LogP contribution in [0.5, 0.6) is 11.5 Å². The zero-order valence-electron chi connectivity index (χ0n) is 23.2. The fourth-order valence-electron chi connectivity index (χ4n) is 4.65. The van der Waals surface area contributed by atoms with E-state index in [1.54, 1.807) is 24.3 Å². The smallest absolute Gasteiger partial charge is 0.125 e. The van der Waals surface area contributed by atoms with E-state index in [2.05, 4.69) is 34.9 Å². The zero-order chi connectivity index (χ0) is 28.2. The van der Waals surface area contributed by atoms with Crippen LogP contribution in [0.15, 0.2) is 109 Å². The van der Waals surface area contributed by atoms with Crippen LogP contribution < -0.4 is 20.1 Å². The van der Waals surface area contributed by atoms with Crippen LogP contribution in [0.1, 0.15) is 59.5 Å². The van der Waals surface area contributed by atoms with Crippen molar-refractivity contribution >= 4 is 0 Å². The molecule has 4 unspecified atom stereocenters. The molecule has 4 N–H and O–H groups in total. The molecule has 6 heteroatoms. The molecular formula is C34H40N2O4. The largest absolute Gasteiger partial charge is 0.486 e. The molecule has 0 spiro atoms. The maximum atomic E-state index is 10.9. The average molecular weight is 541 g/mol. The van der Waals surface area contributed by atoms with E-state index in [9.17, 15) is 10.2 Å². The van der Waals surface area contributed by atoms with Crippen molar-refractivity contribution in [3.63, 3.8) is 0 Å². The Bertz CT molecular complexity index is 1150. The molecular weight excluding hydrogens is 500 g/mol. The van der Waals surface area contributed by atoms with E-state index in [1.807, 2.05) is 74.8 Å². The minimum absolute atomic E-state index is 0.0875. The van der Waals surface area contributed by atoms with Crippen molar-refractivity contribution in [3.05, 3.63) is 131 Å².